The van der Waals surface area contributed by atoms with Crippen LogP contribution in [0.4, 0.5) is 0 Å². The molecule has 25 heavy (non-hydrogen) atoms. The molecule has 1 aliphatic rings. The first-order chi connectivity index (χ1) is 11.9. The van der Waals surface area contributed by atoms with Gasteiger partial charge in [0.2, 0.25) is 5.75 Å². The average molecular weight is 351 g/mol. The Kier molecular flexibility index (Phi) is 6.16. The zero-order valence-corrected chi connectivity index (χ0v) is 15.8. The van der Waals surface area contributed by atoms with Crippen LogP contribution in [0.3, 0.4) is 0 Å². The molecule has 1 atom stereocenters. The van der Waals surface area contributed by atoms with Crippen molar-refractivity contribution in [1.82, 2.24) is 4.90 Å². The number of aliphatic hydroxyl groups excluding tert-OH is 1. The highest BCUT2D eigenvalue weighted by Crippen LogP contribution is 2.40. The number of likely N-dealkylation sites (tertiary alicyclic amines) is 1. The third-order valence-electron chi connectivity index (χ3n) is 4.54. The number of nitrogens with zero attached hydrogens (tertiary/aromatic N) is 1. The van der Waals surface area contributed by atoms with Gasteiger partial charge in [-0.3, -0.25) is 4.79 Å². The molecule has 1 aromatic rings. The molecule has 0 aromatic heterocycles. The van der Waals surface area contributed by atoms with Gasteiger partial charge in [0.1, 0.15) is 0 Å². The Balaban J connectivity index is 2.45. The third kappa shape index (κ3) is 3.84. The van der Waals surface area contributed by atoms with Crippen molar-refractivity contribution in [2.75, 3.05) is 26.4 Å². The molecule has 1 heterocycles. The fraction of sp³-hybridized carbons (Fsp3) is 0.632. The first kappa shape index (κ1) is 19.4. The maximum absolute atomic E-state index is 13.1. The highest BCUT2D eigenvalue weighted by atomic mass is 16.5. The monoisotopic (exact) mass is 351 g/mol. The standard InChI is InChI=1S/C19H29NO5/c1-6-23-14-11-13(12-15(24-7-2)17(14)25-8-3)18(22)20-10-9-16(21)19(20,4)5/h11-12,16,21H,6-10H2,1-5H3. The highest BCUT2D eigenvalue weighted by Gasteiger charge is 2.43. The second-order valence-corrected chi connectivity index (χ2v) is 6.52. The molecule has 1 fully saturated rings. The highest BCUT2D eigenvalue weighted by molar-refractivity contribution is 5.96. The van der Waals surface area contributed by atoms with Gasteiger partial charge < -0.3 is 24.2 Å². The Labute approximate surface area is 149 Å². The summed E-state index contributed by atoms with van der Waals surface area (Å²) < 4.78 is 17.0. The summed E-state index contributed by atoms with van der Waals surface area (Å²) in [6.45, 7) is 11.3. The number of carbonyl (C=O) groups is 1. The van der Waals surface area contributed by atoms with Gasteiger partial charge in [-0.2, -0.15) is 0 Å². The molecule has 6 heteroatoms. The van der Waals surface area contributed by atoms with E-state index in [1.54, 1.807) is 17.0 Å². The van der Waals surface area contributed by atoms with Crippen LogP contribution in [0.15, 0.2) is 12.1 Å². The first-order valence-electron chi connectivity index (χ1n) is 8.93. The van der Waals surface area contributed by atoms with Gasteiger partial charge >= 0.3 is 0 Å². The minimum absolute atomic E-state index is 0.147. The summed E-state index contributed by atoms with van der Waals surface area (Å²) in [4.78, 5) is 14.8. The van der Waals surface area contributed by atoms with E-state index in [9.17, 15) is 9.90 Å². The first-order valence-corrected chi connectivity index (χ1v) is 8.93. The minimum atomic E-state index is -0.604. The summed E-state index contributed by atoms with van der Waals surface area (Å²) in [6, 6.07) is 3.39. The van der Waals surface area contributed by atoms with E-state index >= 15 is 0 Å². The molecule has 0 spiro atoms. The second kappa shape index (κ2) is 7.95. The van der Waals surface area contributed by atoms with E-state index in [4.69, 9.17) is 14.2 Å². The lowest BCUT2D eigenvalue weighted by molar-refractivity contribution is 0.0393. The van der Waals surface area contributed by atoms with Crippen LogP contribution >= 0.6 is 0 Å². The van der Waals surface area contributed by atoms with Crippen LogP contribution in [-0.4, -0.2) is 53.9 Å². The fourth-order valence-electron chi connectivity index (χ4n) is 3.10. The van der Waals surface area contributed by atoms with Crippen molar-refractivity contribution < 1.29 is 24.1 Å². The van der Waals surface area contributed by atoms with Crippen LogP contribution < -0.4 is 14.2 Å². The van der Waals surface area contributed by atoms with Crippen molar-refractivity contribution in [2.24, 2.45) is 0 Å². The van der Waals surface area contributed by atoms with Gasteiger partial charge in [0, 0.05) is 12.1 Å². The molecule has 1 aromatic carbocycles. The van der Waals surface area contributed by atoms with Gasteiger partial charge in [-0.15, -0.1) is 0 Å². The molecule has 140 valence electrons. The molecule has 2 rings (SSSR count). The third-order valence-corrected chi connectivity index (χ3v) is 4.54. The maximum Gasteiger partial charge on any atom is 0.254 e. The summed E-state index contributed by atoms with van der Waals surface area (Å²) in [7, 11) is 0. The zero-order chi connectivity index (χ0) is 18.6. The largest absolute Gasteiger partial charge is 0.490 e. The lowest BCUT2D eigenvalue weighted by Crippen LogP contribution is -2.48. The molecule has 1 unspecified atom stereocenters. The second-order valence-electron chi connectivity index (χ2n) is 6.52. The number of hydrogen-bond acceptors (Lipinski definition) is 5. The Bertz CT molecular complexity index is 587. The number of rotatable bonds is 7. The summed E-state index contributed by atoms with van der Waals surface area (Å²) in [6.07, 6.45) is 0.0451. The molecular weight excluding hydrogens is 322 g/mol. The quantitative estimate of drug-likeness (QED) is 0.818. The number of carbonyl (C=O) groups excluding carboxylic acids is 1. The molecule has 0 saturated carbocycles. The van der Waals surface area contributed by atoms with Gasteiger partial charge in [0.15, 0.2) is 11.5 Å². The van der Waals surface area contributed by atoms with Crippen molar-refractivity contribution >= 4 is 5.91 Å². The van der Waals surface area contributed by atoms with E-state index in [-0.39, 0.29) is 5.91 Å². The molecule has 1 N–H and O–H groups in total. The van der Waals surface area contributed by atoms with E-state index in [2.05, 4.69) is 0 Å². The van der Waals surface area contributed by atoms with Crippen molar-refractivity contribution in [3.8, 4) is 17.2 Å². The van der Waals surface area contributed by atoms with E-state index in [1.807, 2.05) is 34.6 Å². The maximum atomic E-state index is 13.1. The van der Waals surface area contributed by atoms with Crippen LogP contribution in [0, 0.1) is 0 Å². The van der Waals surface area contributed by atoms with E-state index < -0.39 is 11.6 Å². The van der Waals surface area contributed by atoms with Gasteiger partial charge in [-0.05, 0) is 53.2 Å². The minimum Gasteiger partial charge on any atom is -0.490 e. The van der Waals surface area contributed by atoms with Gasteiger partial charge in [0.25, 0.3) is 5.91 Å². The van der Waals surface area contributed by atoms with E-state index in [1.165, 1.54) is 0 Å². The summed E-state index contributed by atoms with van der Waals surface area (Å²) in [5.41, 5.74) is -0.134. The van der Waals surface area contributed by atoms with E-state index in [0.717, 1.165) is 0 Å². The van der Waals surface area contributed by atoms with Gasteiger partial charge in [-0.25, -0.2) is 0 Å². The van der Waals surface area contributed by atoms with Crippen molar-refractivity contribution in [2.45, 2.75) is 52.7 Å². The number of aliphatic hydroxyl groups is 1. The van der Waals surface area contributed by atoms with Crippen LogP contribution in [0.5, 0.6) is 17.2 Å². The molecule has 1 amide bonds. The van der Waals surface area contributed by atoms with Crippen molar-refractivity contribution in [1.29, 1.82) is 0 Å². The molecule has 0 aliphatic carbocycles. The molecule has 0 bridgehead atoms. The Morgan fingerprint density at radius 3 is 2.04 bits per heavy atom. The Hall–Kier alpha value is -1.95. The summed E-state index contributed by atoms with van der Waals surface area (Å²) in [5, 5.41) is 10.2. The lowest BCUT2D eigenvalue weighted by Gasteiger charge is -2.34. The summed E-state index contributed by atoms with van der Waals surface area (Å²) >= 11 is 0. The topological polar surface area (TPSA) is 68.2 Å². The number of hydrogen-bond donors (Lipinski definition) is 1. The SMILES string of the molecule is CCOc1cc(C(=O)N2CCC(O)C2(C)C)cc(OCC)c1OCC. The Morgan fingerprint density at radius 2 is 1.64 bits per heavy atom. The molecule has 1 saturated heterocycles. The van der Waals surface area contributed by atoms with Crippen molar-refractivity contribution in [3.05, 3.63) is 17.7 Å². The smallest absolute Gasteiger partial charge is 0.254 e. The van der Waals surface area contributed by atoms with E-state index in [0.29, 0.717) is 55.6 Å². The Morgan fingerprint density at radius 1 is 1.12 bits per heavy atom. The van der Waals surface area contributed by atoms with Crippen molar-refractivity contribution in [3.63, 3.8) is 0 Å². The molecule has 0 radical (unpaired) electrons. The predicted molar refractivity (Wildman–Crippen MR) is 95.7 cm³/mol. The normalized spacial score (nSPS) is 19.0. The predicted octanol–water partition coefficient (Wildman–Crippen LogP) is 2.87. The lowest BCUT2D eigenvalue weighted by atomic mass is 9.98. The van der Waals surface area contributed by atoms with Gasteiger partial charge in [0.05, 0.1) is 31.5 Å². The molecule has 6 nitrogen and oxygen atoms in total. The van der Waals surface area contributed by atoms with Crippen LogP contribution in [0.2, 0.25) is 0 Å². The van der Waals surface area contributed by atoms with Crippen LogP contribution in [-0.2, 0) is 0 Å². The van der Waals surface area contributed by atoms with Crippen LogP contribution in [0.25, 0.3) is 0 Å². The summed E-state index contributed by atoms with van der Waals surface area (Å²) in [5.74, 6) is 1.36. The fourth-order valence-corrected chi connectivity index (χ4v) is 3.10. The number of ether oxygens (including phenoxy) is 3. The van der Waals surface area contributed by atoms with Gasteiger partial charge in [-0.1, -0.05) is 0 Å². The number of benzene rings is 1. The number of amides is 1. The zero-order valence-electron chi connectivity index (χ0n) is 15.8. The molecule has 1 aliphatic heterocycles. The average Bonchev–Trinajstić information content (AvgIpc) is 2.83. The van der Waals surface area contributed by atoms with Crippen LogP contribution in [0.1, 0.15) is 51.4 Å². The molecular formula is C19H29NO5.